The molecule has 0 aliphatic rings. The Balaban J connectivity index is 1.80. The van der Waals surface area contributed by atoms with Gasteiger partial charge in [-0.1, -0.05) is 13.8 Å². The third kappa shape index (κ3) is 5.31. The van der Waals surface area contributed by atoms with Crippen molar-refractivity contribution >= 4 is 32.9 Å². The molecule has 0 bridgehead atoms. The van der Waals surface area contributed by atoms with Gasteiger partial charge in [0.05, 0.1) is 15.6 Å². The second-order valence-corrected chi connectivity index (χ2v) is 8.66. The fraction of sp³-hybridized carbons (Fsp3) is 0.375. The number of hydrogen-bond donors (Lipinski definition) is 2. The summed E-state index contributed by atoms with van der Waals surface area (Å²) >= 11 is 1.63. The lowest BCUT2D eigenvalue weighted by molar-refractivity contribution is 0.252. The summed E-state index contributed by atoms with van der Waals surface area (Å²) in [5, 5.41) is 8.54. The van der Waals surface area contributed by atoms with Crippen molar-refractivity contribution in [2.75, 3.05) is 18.1 Å². The summed E-state index contributed by atoms with van der Waals surface area (Å²) in [6.07, 6.45) is 1.81. The van der Waals surface area contributed by atoms with Gasteiger partial charge in [-0.2, -0.15) is 0 Å². The molecule has 24 heavy (non-hydrogen) atoms. The molecule has 2 aromatic rings. The second kappa shape index (κ2) is 7.76. The van der Waals surface area contributed by atoms with E-state index in [1.54, 1.807) is 23.5 Å². The first-order valence-electron chi connectivity index (χ1n) is 7.55. The molecule has 0 unspecified atom stereocenters. The van der Waals surface area contributed by atoms with Gasteiger partial charge in [-0.15, -0.1) is 11.3 Å². The van der Waals surface area contributed by atoms with Gasteiger partial charge in [0.2, 0.25) is 0 Å². The maximum atomic E-state index is 11.8. The van der Waals surface area contributed by atoms with Crippen molar-refractivity contribution in [1.29, 1.82) is 0 Å². The minimum Gasteiger partial charge on any atom is -0.337 e. The lowest BCUT2D eigenvalue weighted by Gasteiger charge is -2.07. The number of benzene rings is 1. The molecule has 0 radical (unpaired) electrons. The average Bonchev–Trinajstić information content (AvgIpc) is 2.96. The van der Waals surface area contributed by atoms with Crippen molar-refractivity contribution in [2.45, 2.75) is 31.1 Å². The summed E-state index contributed by atoms with van der Waals surface area (Å²) in [4.78, 5) is 16.6. The Morgan fingerprint density at radius 2 is 1.92 bits per heavy atom. The van der Waals surface area contributed by atoms with Crippen LogP contribution in [0.5, 0.6) is 0 Å². The highest BCUT2D eigenvalue weighted by atomic mass is 32.2. The number of hydrogen-bond acceptors (Lipinski definition) is 5. The van der Waals surface area contributed by atoms with E-state index in [0.29, 0.717) is 24.6 Å². The van der Waals surface area contributed by atoms with Gasteiger partial charge in [0.1, 0.15) is 0 Å². The molecule has 8 heteroatoms. The average molecular weight is 367 g/mol. The molecule has 0 atom stereocenters. The molecule has 1 aromatic carbocycles. The van der Waals surface area contributed by atoms with Crippen LogP contribution in [0.25, 0.3) is 0 Å². The number of nitrogens with zero attached hydrogens (tertiary/aromatic N) is 1. The highest BCUT2D eigenvalue weighted by molar-refractivity contribution is 7.90. The van der Waals surface area contributed by atoms with Gasteiger partial charge in [-0.3, -0.25) is 0 Å². The minimum absolute atomic E-state index is 0.220. The number of carbonyl (C=O) groups excluding carboxylic acids is 1. The fourth-order valence-electron chi connectivity index (χ4n) is 1.97. The first kappa shape index (κ1) is 18.4. The fourth-order valence-corrected chi connectivity index (χ4v) is 3.47. The molecule has 2 rings (SSSR count). The molecule has 2 amide bonds. The first-order chi connectivity index (χ1) is 11.3. The van der Waals surface area contributed by atoms with E-state index < -0.39 is 9.84 Å². The number of carbonyl (C=O) groups is 1. The topological polar surface area (TPSA) is 88.2 Å². The molecule has 1 heterocycles. The van der Waals surface area contributed by atoms with E-state index in [9.17, 15) is 13.2 Å². The standard InChI is InChI=1S/C16H21N3O3S2/c1-11(2)15-18-13(10-23-15)8-9-17-16(20)19-12-4-6-14(7-5-12)24(3,21)22/h4-7,10-11H,8-9H2,1-3H3,(H2,17,19,20). The Morgan fingerprint density at radius 3 is 2.46 bits per heavy atom. The normalized spacial score (nSPS) is 11.5. The summed E-state index contributed by atoms with van der Waals surface area (Å²) in [5.41, 5.74) is 1.51. The number of urea groups is 1. The van der Waals surface area contributed by atoms with Crippen molar-refractivity contribution in [3.05, 3.63) is 40.3 Å². The molecule has 6 nitrogen and oxygen atoms in total. The van der Waals surface area contributed by atoms with Crippen LogP contribution in [0.3, 0.4) is 0 Å². The highest BCUT2D eigenvalue weighted by Gasteiger charge is 2.08. The third-order valence-corrected chi connectivity index (χ3v) is 5.59. The van der Waals surface area contributed by atoms with Gasteiger partial charge in [-0.05, 0) is 24.3 Å². The van der Waals surface area contributed by atoms with E-state index in [1.807, 2.05) is 5.38 Å². The van der Waals surface area contributed by atoms with Crippen LogP contribution in [0.15, 0.2) is 34.5 Å². The van der Waals surface area contributed by atoms with E-state index in [1.165, 1.54) is 12.1 Å². The Hall–Kier alpha value is -1.93. The summed E-state index contributed by atoms with van der Waals surface area (Å²) in [6, 6.07) is 5.72. The van der Waals surface area contributed by atoms with Gasteiger partial charge in [-0.25, -0.2) is 18.2 Å². The van der Waals surface area contributed by atoms with E-state index in [4.69, 9.17) is 0 Å². The number of anilines is 1. The molecule has 1 aromatic heterocycles. The van der Waals surface area contributed by atoms with E-state index in [-0.39, 0.29) is 10.9 Å². The number of sulfone groups is 1. The van der Waals surface area contributed by atoms with Gasteiger partial charge < -0.3 is 10.6 Å². The molecule has 2 N–H and O–H groups in total. The Morgan fingerprint density at radius 1 is 1.25 bits per heavy atom. The number of nitrogens with one attached hydrogen (secondary N) is 2. The molecular formula is C16H21N3O3S2. The molecule has 0 saturated heterocycles. The van der Waals surface area contributed by atoms with Crippen LogP contribution in [0.2, 0.25) is 0 Å². The van der Waals surface area contributed by atoms with Gasteiger partial charge >= 0.3 is 6.03 Å². The monoisotopic (exact) mass is 367 g/mol. The zero-order valence-corrected chi connectivity index (χ0v) is 15.5. The largest absolute Gasteiger partial charge is 0.337 e. The lowest BCUT2D eigenvalue weighted by atomic mass is 10.2. The van der Waals surface area contributed by atoms with Crippen LogP contribution in [-0.2, 0) is 16.3 Å². The predicted octanol–water partition coefficient (Wildman–Crippen LogP) is 3.03. The summed E-state index contributed by atoms with van der Waals surface area (Å²) in [6.45, 7) is 4.68. The van der Waals surface area contributed by atoms with Crippen LogP contribution in [0.1, 0.15) is 30.5 Å². The van der Waals surface area contributed by atoms with Crippen LogP contribution in [0, 0.1) is 0 Å². The number of rotatable bonds is 6. The molecule has 0 aliphatic carbocycles. The SMILES string of the molecule is CC(C)c1nc(CCNC(=O)Nc2ccc(S(C)(=O)=O)cc2)cs1. The van der Waals surface area contributed by atoms with E-state index >= 15 is 0 Å². The van der Waals surface area contributed by atoms with Crippen molar-refractivity contribution < 1.29 is 13.2 Å². The zero-order chi connectivity index (χ0) is 17.7. The molecule has 0 aliphatic heterocycles. The van der Waals surface area contributed by atoms with Crippen molar-refractivity contribution in [2.24, 2.45) is 0 Å². The third-order valence-electron chi connectivity index (χ3n) is 3.27. The number of amides is 2. The second-order valence-electron chi connectivity index (χ2n) is 5.76. The molecule has 0 fully saturated rings. The Bertz CT molecular complexity index is 796. The highest BCUT2D eigenvalue weighted by Crippen LogP contribution is 2.19. The lowest BCUT2D eigenvalue weighted by Crippen LogP contribution is -2.30. The van der Waals surface area contributed by atoms with Crippen molar-refractivity contribution in [1.82, 2.24) is 10.3 Å². The quantitative estimate of drug-likeness (QED) is 0.821. The van der Waals surface area contributed by atoms with Crippen LogP contribution in [-0.4, -0.2) is 32.2 Å². The van der Waals surface area contributed by atoms with Crippen LogP contribution >= 0.6 is 11.3 Å². The van der Waals surface area contributed by atoms with Gasteiger partial charge in [0.15, 0.2) is 9.84 Å². The maximum absolute atomic E-state index is 11.8. The molecular weight excluding hydrogens is 346 g/mol. The zero-order valence-electron chi connectivity index (χ0n) is 13.9. The van der Waals surface area contributed by atoms with Crippen LogP contribution in [0.4, 0.5) is 10.5 Å². The Labute approximate surface area is 146 Å². The van der Waals surface area contributed by atoms with E-state index in [2.05, 4.69) is 29.5 Å². The smallest absolute Gasteiger partial charge is 0.319 e. The van der Waals surface area contributed by atoms with Crippen molar-refractivity contribution in [3.8, 4) is 0 Å². The van der Waals surface area contributed by atoms with Gasteiger partial charge in [0, 0.05) is 36.2 Å². The summed E-state index contributed by atoms with van der Waals surface area (Å²) in [5.74, 6) is 0.412. The Kier molecular flexibility index (Phi) is 5.95. The number of aromatic nitrogens is 1. The van der Waals surface area contributed by atoms with Crippen LogP contribution < -0.4 is 10.6 Å². The van der Waals surface area contributed by atoms with Gasteiger partial charge in [0.25, 0.3) is 0 Å². The minimum atomic E-state index is -3.23. The molecule has 0 saturated carbocycles. The predicted molar refractivity (Wildman–Crippen MR) is 96.5 cm³/mol. The molecule has 130 valence electrons. The molecule has 0 spiro atoms. The van der Waals surface area contributed by atoms with E-state index in [0.717, 1.165) is 17.0 Å². The summed E-state index contributed by atoms with van der Waals surface area (Å²) < 4.78 is 22.8. The first-order valence-corrected chi connectivity index (χ1v) is 10.3. The summed E-state index contributed by atoms with van der Waals surface area (Å²) in [7, 11) is -3.23. The maximum Gasteiger partial charge on any atom is 0.319 e. The number of thiazole rings is 1. The van der Waals surface area contributed by atoms with Crippen molar-refractivity contribution in [3.63, 3.8) is 0 Å².